The van der Waals surface area contributed by atoms with E-state index in [1.165, 1.54) is 18.1 Å². The maximum absolute atomic E-state index is 14.4. The number of halogens is 3. The highest BCUT2D eigenvalue weighted by Crippen LogP contribution is 2.46. The molecular formula is C28H31Cl2FN6O6. The quantitative estimate of drug-likeness (QED) is 0.180. The highest BCUT2D eigenvalue weighted by atomic mass is 35.5. The van der Waals surface area contributed by atoms with Gasteiger partial charge < -0.3 is 19.3 Å². The van der Waals surface area contributed by atoms with Gasteiger partial charge in [-0.3, -0.25) is 14.9 Å². The van der Waals surface area contributed by atoms with Gasteiger partial charge in [-0.2, -0.15) is 10.2 Å². The second-order valence-corrected chi connectivity index (χ2v) is 12.2. The van der Waals surface area contributed by atoms with Crippen molar-refractivity contribution in [2.24, 2.45) is 0 Å². The molecule has 12 nitrogen and oxygen atoms in total. The van der Waals surface area contributed by atoms with Gasteiger partial charge in [-0.05, 0) is 68.8 Å². The van der Waals surface area contributed by atoms with Gasteiger partial charge in [0.25, 0.3) is 0 Å². The molecule has 0 radical (unpaired) electrons. The molecule has 1 aromatic carbocycles. The Balaban J connectivity index is 1.78. The van der Waals surface area contributed by atoms with Gasteiger partial charge in [0.05, 0.1) is 41.0 Å². The molecular weight excluding hydrogens is 606 g/mol. The molecule has 0 N–H and O–H groups in total. The minimum Gasteiger partial charge on any atom is -0.468 e. The number of fused-ring (bicyclic) bond motifs is 1. The average Bonchev–Trinajstić information content (AvgIpc) is 2.93. The molecule has 2 aliphatic rings. The summed E-state index contributed by atoms with van der Waals surface area (Å²) in [6.45, 7) is 5.42. The van der Waals surface area contributed by atoms with Crippen LogP contribution in [-0.2, 0) is 32.5 Å². The van der Waals surface area contributed by atoms with Crippen molar-refractivity contribution < 1.29 is 28.4 Å². The van der Waals surface area contributed by atoms with Crippen LogP contribution in [0, 0.1) is 27.3 Å². The number of piperazine rings is 1. The Bertz CT molecular complexity index is 1500. The number of hydrogen-bond donors (Lipinski definition) is 0. The van der Waals surface area contributed by atoms with Gasteiger partial charge >= 0.3 is 17.7 Å². The number of benzene rings is 1. The van der Waals surface area contributed by atoms with Crippen molar-refractivity contribution >= 4 is 46.8 Å². The molecule has 0 bridgehead atoms. The minimum atomic E-state index is -1.46. The molecule has 1 unspecified atom stereocenters. The molecule has 1 saturated heterocycles. The fraction of sp³-hybridized carbons (Fsp3) is 0.536. The number of nitro groups is 1. The number of carbonyl (C=O) groups excluding carboxylic acids is 2. The Hall–Kier alpha value is -3.76. The van der Waals surface area contributed by atoms with Gasteiger partial charge in [-0.1, -0.05) is 17.7 Å². The fourth-order valence-corrected chi connectivity index (χ4v) is 6.26. The van der Waals surface area contributed by atoms with E-state index in [0.29, 0.717) is 24.0 Å². The Morgan fingerprint density at radius 2 is 2.00 bits per heavy atom. The first-order valence-electron chi connectivity index (χ1n) is 13.6. The van der Waals surface area contributed by atoms with E-state index in [4.69, 9.17) is 32.7 Å². The lowest BCUT2D eigenvalue weighted by Gasteiger charge is -2.41. The standard InChI is InChI=1S/C28H31Cl2FN6O6/c1-27(2,3)43-26(39)36-13-12-35(15-16(36)9-11-32)23-22(37(40)41)20(33-25(30)34-23)14-28(24(38)42-4)10-5-6-17-18(28)7-8-19(31)21(17)29/h7-8,16H,5-6,9-10,12-15H2,1-4H3/t16-,28?/m0/s1. The maximum Gasteiger partial charge on any atom is 0.410 e. The van der Waals surface area contributed by atoms with Crippen LogP contribution < -0.4 is 4.90 Å². The molecule has 1 amide bonds. The summed E-state index contributed by atoms with van der Waals surface area (Å²) in [5.41, 5.74) is -1.98. The molecule has 1 fully saturated rings. The SMILES string of the molecule is COC(=O)C1(Cc2nc(Cl)nc(N3CCN(C(=O)OC(C)(C)C)[C@@H](CC#N)C3)c2[N+](=O)[O-])CCCc2c1ccc(F)c2Cl. The number of aromatic nitrogens is 2. The molecule has 1 aliphatic heterocycles. The van der Waals surface area contributed by atoms with Crippen LogP contribution in [0.4, 0.5) is 20.7 Å². The van der Waals surface area contributed by atoms with Crippen LogP contribution in [0.15, 0.2) is 12.1 Å². The summed E-state index contributed by atoms with van der Waals surface area (Å²) in [7, 11) is 1.20. The Kier molecular flexibility index (Phi) is 9.32. The number of anilines is 1. The van der Waals surface area contributed by atoms with Crippen molar-refractivity contribution in [3.63, 3.8) is 0 Å². The van der Waals surface area contributed by atoms with Gasteiger partial charge in [0, 0.05) is 26.1 Å². The summed E-state index contributed by atoms with van der Waals surface area (Å²) in [5.74, 6) is -1.43. The number of methoxy groups -OCH3 is 1. The first-order valence-corrected chi connectivity index (χ1v) is 14.4. The van der Waals surface area contributed by atoms with E-state index in [9.17, 15) is 29.4 Å². The number of nitrogens with zero attached hydrogens (tertiary/aromatic N) is 6. The van der Waals surface area contributed by atoms with Crippen LogP contribution >= 0.6 is 23.2 Å². The largest absolute Gasteiger partial charge is 0.468 e. The molecule has 0 spiro atoms. The molecule has 1 aromatic heterocycles. The van der Waals surface area contributed by atoms with Gasteiger partial charge in [-0.25, -0.2) is 14.2 Å². The van der Waals surface area contributed by atoms with E-state index in [1.54, 1.807) is 25.7 Å². The third-order valence-electron chi connectivity index (χ3n) is 7.62. The second kappa shape index (κ2) is 12.5. The number of amides is 1. The summed E-state index contributed by atoms with van der Waals surface area (Å²) >= 11 is 12.6. The third kappa shape index (κ3) is 6.45. The fourth-order valence-electron chi connectivity index (χ4n) is 5.81. The molecule has 1 aliphatic carbocycles. The predicted octanol–water partition coefficient (Wildman–Crippen LogP) is 5.16. The highest BCUT2D eigenvalue weighted by Gasteiger charge is 2.48. The number of ether oxygens (including phenoxy) is 2. The molecule has 2 heterocycles. The first kappa shape index (κ1) is 32.2. The predicted molar refractivity (Wildman–Crippen MR) is 155 cm³/mol. The molecule has 230 valence electrons. The second-order valence-electron chi connectivity index (χ2n) is 11.5. The van der Waals surface area contributed by atoms with E-state index in [0.717, 1.165) is 6.07 Å². The van der Waals surface area contributed by atoms with Crippen LogP contribution in [0.2, 0.25) is 10.3 Å². The highest BCUT2D eigenvalue weighted by molar-refractivity contribution is 6.31. The third-order valence-corrected chi connectivity index (χ3v) is 8.20. The Morgan fingerprint density at radius 3 is 2.63 bits per heavy atom. The molecule has 0 saturated carbocycles. The zero-order chi connectivity index (χ0) is 31.7. The number of rotatable bonds is 6. The summed E-state index contributed by atoms with van der Waals surface area (Å²) in [4.78, 5) is 49.6. The number of esters is 1. The van der Waals surface area contributed by atoms with Crippen molar-refractivity contribution in [3.05, 3.63) is 55.2 Å². The normalized spacial score (nSPS) is 20.2. The molecule has 2 atom stereocenters. The van der Waals surface area contributed by atoms with Crippen molar-refractivity contribution in [1.82, 2.24) is 14.9 Å². The lowest BCUT2D eigenvalue weighted by atomic mass is 9.67. The molecule has 4 rings (SSSR count). The van der Waals surface area contributed by atoms with Crippen LogP contribution in [0.25, 0.3) is 0 Å². The Labute approximate surface area is 257 Å². The van der Waals surface area contributed by atoms with E-state index < -0.39 is 45.5 Å². The first-order chi connectivity index (χ1) is 20.2. The summed E-state index contributed by atoms with van der Waals surface area (Å²) in [6, 6.07) is 4.00. The summed E-state index contributed by atoms with van der Waals surface area (Å²) < 4.78 is 25.0. The summed E-state index contributed by atoms with van der Waals surface area (Å²) in [6.07, 6.45) is 0.128. The maximum atomic E-state index is 14.4. The van der Waals surface area contributed by atoms with E-state index in [-0.39, 0.29) is 60.7 Å². The lowest BCUT2D eigenvalue weighted by molar-refractivity contribution is -0.385. The van der Waals surface area contributed by atoms with Crippen molar-refractivity contribution in [3.8, 4) is 6.07 Å². The number of carbonyl (C=O) groups is 2. The van der Waals surface area contributed by atoms with Gasteiger partial charge in [0.1, 0.15) is 17.1 Å². The molecule has 43 heavy (non-hydrogen) atoms. The van der Waals surface area contributed by atoms with E-state index in [2.05, 4.69) is 16.0 Å². The van der Waals surface area contributed by atoms with E-state index >= 15 is 0 Å². The van der Waals surface area contributed by atoms with Crippen molar-refractivity contribution in [2.75, 3.05) is 31.6 Å². The van der Waals surface area contributed by atoms with Crippen LogP contribution in [0.1, 0.15) is 56.9 Å². The van der Waals surface area contributed by atoms with Crippen LogP contribution in [-0.4, -0.2) is 70.2 Å². The lowest BCUT2D eigenvalue weighted by Crippen LogP contribution is -2.56. The van der Waals surface area contributed by atoms with Gasteiger partial charge in [0.2, 0.25) is 11.1 Å². The van der Waals surface area contributed by atoms with Gasteiger partial charge in [-0.15, -0.1) is 0 Å². The monoisotopic (exact) mass is 636 g/mol. The average molecular weight is 637 g/mol. The summed E-state index contributed by atoms with van der Waals surface area (Å²) in [5, 5.41) is 21.6. The van der Waals surface area contributed by atoms with Crippen molar-refractivity contribution in [2.45, 2.75) is 69.9 Å². The van der Waals surface area contributed by atoms with Crippen LogP contribution in [0.3, 0.4) is 0 Å². The zero-order valence-electron chi connectivity index (χ0n) is 24.2. The molecule has 15 heteroatoms. The van der Waals surface area contributed by atoms with Crippen molar-refractivity contribution in [1.29, 1.82) is 5.26 Å². The van der Waals surface area contributed by atoms with Gasteiger partial charge in [0.15, 0.2) is 0 Å². The minimum absolute atomic E-state index is 0.0281. The number of hydrogen-bond acceptors (Lipinski definition) is 10. The number of nitriles is 1. The van der Waals surface area contributed by atoms with Crippen LogP contribution in [0.5, 0.6) is 0 Å². The smallest absolute Gasteiger partial charge is 0.410 e. The zero-order valence-corrected chi connectivity index (χ0v) is 25.7. The molecule has 2 aromatic rings. The van der Waals surface area contributed by atoms with E-state index in [1.807, 2.05) is 0 Å². The topological polar surface area (TPSA) is 152 Å². The Morgan fingerprint density at radius 1 is 1.28 bits per heavy atom.